The number of nitrogens with zero attached hydrogens (tertiary/aromatic N) is 3. The van der Waals surface area contributed by atoms with Crippen molar-refractivity contribution >= 4 is 32.6 Å². The van der Waals surface area contributed by atoms with Gasteiger partial charge >= 0.3 is 0 Å². The summed E-state index contributed by atoms with van der Waals surface area (Å²) < 4.78 is 18.7. The Bertz CT molecular complexity index is 1100. The highest BCUT2D eigenvalue weighted by atomic mass is 32.1. The minimum atomic E-state index is -0.748. The van der Waals surface area contributed by atoms with Crippen molar-refractivity contribution in [3.63, 3.8) is 0 Å². The minimum absolute atomic E-state index is 0.145. The maximum Gasteiger partial charge on any atom is 0.273 e. The van der Waals surface area contributed by atoms with Gasteiger partial charge in [0.1, 0.15) is 11.9 Å². The molecule has 2 aromatic carbocycles. The Morgan fingerprint density at radius 2 is 1.79 bits per heavy atom. The fourth-order valence-corrected chi connectivity index (χ4v) is 4.92. The van der Waals surface area contributed by atoms with Gasteiger partial charge in [-0.3, -0.25) is 9.69 Å². The van der Waals surface area contributed by atoms with Gasteiger partial charge in [-0.2, -0.15) is 0 Å². The van der Waals surface area contributed by atoms with E-state index in [0.717, 1.165) is 35.6 Å². The lowest BCUT2D eigenvalue weighted by Gasteiger charge is -2.34. The first kappa shape index (κ1) is 23.3. The van der Waals surface area contributed by atoms with Crippen LogP contribution in [0.1, 0.15) is 27.7 Å². The highest BCUT2D eigenvalue weighted by Gasteiger charge is 2.38. The quantitative estimate of drug-likeness (QED) is 0.456. The number of benzene rings is 2. The van der Waals surface area contributed by atoms with Crippen molar-refractivity contribution in [2.45, 2.75) is 39.9 Å². The van der Waals surface area contributed by atoms with Gasteiger partial charge in [0.2, 0.25) is 6.10 Å². The van der Waals surface area contributed by atoms with Gasteiger partial charge in [-0.05, 0) is 57.3 Å². The smallest absolute Gasteiger partial charge is 0.273 e. The molecule has 1 aliphatic rings. The van der Waals surface area contributed by atoms with Crippen LogP contribution in [0.2, 0.25) is 0 Å². The lowest BCUT2D eigenvalue weighted by atomic mass is 10.1. The van der Waals surface area contributed by atoms with Crippen molar-refractivity contribution < 1.29 is 19.0 Å². The Labute approximate surface area is 198 Å². The summed E-state index contributed by atoms with van der Waals surface area (Å²) in [7, 11) is 0. The number of thiazole rings is 1. The number of para-hydroxylation sites is 2. The summed E-state index contributed by atoms with van der Waals surface area (Å²) >= 11 is 1.49. The zero-order valence-electron chi connectivity index (χ0n) is 19.6. The number of fused-ring (bicyclic) bond motifs is 2. The van der Waals surface area contributed by atoms with Crippen LogP contribution in [0, 0.1) is 0 Å². The zero-order chi connectivity index (χ0) is 23.4. The van der Waals surface area contributed by atoms with E-state index >= 15 is 0 Å². The first-order valence-corrected chi connectivity index (χ1v) is 12.3. The van der Waals surface area contributed by atoms with Gasteiger partial charge < -0.3 is 19.1 Å². The number of anilines is 1. The molecule has 1 aliphatic heterocycles. The lowest BCUT2D eigenvalue weighted by Crippen LogP contribution is -2.52. The Kier molecular flexibility index (Phi) is 7.35. The molecule has 0 N–H and O–H groups in total. The van der Waals surface area contributed by atoms with E-state index in [-0.39, 0.29) is 5.91 Å². The second kappa shape index (κ2) is 10.4. The van der Waals surface area contributed by atoms with E-state index < -0.39 is 12.2 Å². The topological polar surface area (TPSA) is 64.1 Å². The molecule has 3 aromatic rings. The average Bonchev–Trinajstić information content (AvgIpc) is 3.24. The Balaban J connectivity index is 1.64. The molecule has 8 heteroatoms. The van der Waals surface area contributed by atoms with E-state index in [9.17, 15) is 4.79 Å². The van der Waals surface area contributed by atoms with Gasteiger partial charge in [-0.15, -0.1) is 0 Å². The molecule has 1 aromatic heterocycles. The van der Waals surface area contributed by atoms with Gasteiger partial charge in [-0.25, -0.2) is 4.98 Å². The standard InChI is InChI=1S/C25H31N3O4S/c1-5-27(6-2)14-15-28(25-26-19-13-12-18(30-7-3)16-22(19)33-25)24(29)23-17(4)31-20-10-8-9-11-21(20)32-23/h8-13,16-17,23H,5-7,14-15H2,1-4H3. The van der Waals surface area contributed by atoms with E-state index in [1.54, 1.807) is 4.90 Å². The number of hydrogen-bond acceptors (Lipinski definition) is 7. The van der Waals surface area contributed by atoms with E-state index in [1.807, 2.05) is 56.3 Å². The Morgan fingerprint density at radius 1 is 1.06 bits per heavy atom. The van der Waals surface area contributed by atoms with Crippen LogP contribution < -0.4 is 19.1 Å². The number of carbonyl (C=O) groups excluding carboxylic acids is 1. The first-order chi connectivity index (χ1) is 16.0. The van der Waals surface area contributed by atoms with Gasteiger partial charge in [0.15, 0.2) is 16.6 Å². The Hall–Kier alpha value is -2.84. The van der Waals surface area contributed by atoms with Crippen LogP contribution in [-0.2, 0) is 4.79 Å². The Morgan fingerprint density at radius 3 is 2.48 bits per heavy atom. The molecule has 0 radical (unpaired) electrons. The zero-order valence-corrected chi connectivity index (χ0v) is 20.4. The minimum Gasteiger partial charge on any atom is -0.494 e. The highest BCUT2D eigenvalue weighted by Crippen LogP contribution is 2.36. The van der Waals surface area contributed by atoms with Crippen LogP contribution in [-0.4, -0.2) is 60.8 Å². The lowest BCUT2D eigenvalue weighted by molar-refractivity contribution is -0.130. The van der Waals surface area contributed by atoms with E-state index in [2.05, 4.69) is 18.7 Å². The molecule has 0 fully saturated rings. The van der Waals surface area contributed by atoms with Crippen molar-refractivity contribution in [2.24, 2.45) is 0 Å². The molecule has 0 saturated carbocycles. The highest BCUT2D eigenvalue weighted by molar-refractivity contribution is 7.22. The monoisotopic (exact) mass is 469 g/mol. The molecular weight excluding hydrogens is 438 g/mol. The maximum atomic E-state index is 13.8. The second-order valence-corrected chi connectivity index (χ2v) is 8.89. The molecule has 1 amide bonds. The maximum absolute atomic E-state index is 13.8. The molecule has 2 atom stereocenters. The molecule has 2 heterocycles. The molecule has 2 unspecified atom stereocenters. The molecule has 0 bridgehead atoms. The van der Waals surface area contributed by atoms with Gasteiger partial charge in [-0.1, -0.05) is 37.3 Å². The predicted molar refractivity (Wildman–Crippen MR) is 132 cm³/mol. The SMILES string of the molecule is CCOc1ccc2nc(N(CCN(CC)CC)C(=O)C3Oc4ccccc4OC3C)sc2c1. The number of amides is 1. The third-order valence-corrected chi connectivity index (χ3v) is 6.82. The summed E-state index contributed by atoms with van der Waals surface area (Å²) in [5.74, 6) is 1.90. The van der Waals surface area contributed by atoms with Crippen molar-refractivity contribution in [1.29, 1.82) is 0 Å². The molecule has 4 rings (SSSR count). The summed E-state index contributed by atoms with van der Waals surface area (Å²) in [6.07, 6.45) is -1.16. The largest absolute Gasteiger partial charge is 0.494 e. The third-order valence-electron chi connectivity index (χ3n) is 5.78. The molecule has 176 valence electrons. The molecule has 33 heavy (non-hydrogen) atoms. The fraction of sp³-hybridized carbons (Fsp3) is 0.440. The first-order valence-electron chi connectivity index (χ1n) is 11.5. The van der Waals surface area contributed by atoms with Gasteiger partial charge in [0, 0.05) is 13.1 Å². The normalized spacial score (nSPS) is 17.4. The van der Waals surface area contributed by atoms with Crippen LogP contribution >= 0.6 is 11.3 Å². The van der Waals surface area contributed by atoms with E-state index in [4.69, 9.17) is 19.2 Å². The second-order valence-electron chi connectivity index (χ2n) is 7.88. The number of rotatable bonds is 9. The van der Waals surface area contributed by atoms with Crippen LogP contribution in [0.15, 0.2) is 42.5 Å². The summed E-state index contributed by atoms with van der Waals surface area (Å²) in [5, 5.41) is 0.658. The van der Waals surface area contributed by atoms with Crippen LogP contribution in [0.4, 0.5) is 5.13 Å². The van der Waals surface area contributed by atoms with Crippen LogP contribution in [0.5, 0.6) is 17.2 Å². The summed E-state index contributed by atoms with van der Waals surface area (Å²) in [4.78, 5) is 22.6. The van der Waals surface area contributed by atoms with Crippen LogP contribution in [0.25, 0.3) is 10.2 Å². The fourth-order valence-electron chi connectivity index (χ4n) is 3.89. The number of likely N-dealkylation sites (N-methyl/N-ethyl adjacent to an activating group) is 1. The van der Waals surface area contributed by atoms with Crippen molar-refractivity contribution in [2.75, 3.05) is 37.7 Å². The molecule has 0 spiro atoms. The van der Waals surface area contributed by atoms with E-state index in [1.165, 1.54) is 11.3 Å². The summed E-state index contributed by atoms with van der Waals surface area (Å²) in [6.45, 7) is 11.8. The van der Waals surface area contributed by atoms with Crippen molar-refractivity contribution in [3.05, 3.63) is 42.5 Å². The number of aromatic nitrogens is 1. The number of ether oxygens (including phenoxy) is 3. The van der Waals surface area contributed by atoms with Crippen LogP contribution in [0.3, 0.4) is 0 Å². The number of carbonyl (C=O) groups is 1. The predicted octanol–water partition coefficient (Wildman–Crippen LogP) is 4.60. The van der Waals surface area contributed by atoms with E-state index in [0.29, 0.717) is 29.8 Å². The number of hydrogen-bond donors (Lipinski definition) is 0. The molecular formula is C25H31N3O4S. The average molecular weight is 470 g/mol. The molecule has 7 nitrogen and oxygen atoms in total. The third kappa shape index (κ3) is 5.07. The summed E-state index contributed by atoms with van der Waals surface area (Å²) in [5.41, 5.74) is 0.846. The van der Waals surface area contributed by atoms with Gasteiger partial charge in [0.25, 0.3) is 5.91 Å². The molecule has 0 saturated heterocycles. The van der Waals surface area contributed by atoms with Gasteiger partial charge in [0.05, 0.1) is 16.8 Å². The summed E-state index contributed by atoms with van der Waals surface area (Å²) in [6, 6.07) is 13.3. The molecule has 0 aliphatic carbocycles. The van der Waals surface area contributed by atoms with Crippen molar-refractivity contribution in [1.82, 2.24) is 9.88 Å². The van der Waals surface area contributed by atoms with Crippen molar-refractivity contribution in [3.8, 4) is 17.2 Å².